The molecule has 2 rings (SSSR count). The fourth-order valence-corrected chi connectivity index (χ4v) is 2.06. The van der Waals surface area contributed by atoms with Crippen LogP contribution in [-0.4, -0.2) is 15.6 Å². The first kappa shape index (κ1) is 13.3. The quantitative estimate of drug-likeness (QED) is 0.922. The number of aryl methyl sites for hydroxylation is 1. The van der Waals surface area contributed by atoms with Crippen molar-refractivity contribution < 1.29 is 14.3 Å². The van der Waals surface area contributed by atoms with E-state index in [9.17, 15) is 14.0 Å². The fourth-order valence-electron chi connectivity index (χ4n) is 2.06. The van der Waals surface area contributed by atoms with E-state index in [0.717, 1.165) is 18.9 Å². The van der Waals surface area contributed by atoms with E-state index in [1.54, 1.807) is 0 Å². The number of nitrogens with zero attached hydrogens (tertiary/aromatic N) is 1. The summed E-state index contributed by atoms with van der Waals surface area (Å²) in [5, 5.41) is 9.32. The van der Waals surface area contributed by atoms with Gasteiger partial charge in [0.05, 0.1) is 11.1 Å². The van der Waals surface area contributed by atoms with Crippen LogP contribution in [0, 0.1) is 5.82 Å². The number of carboxylic acid groups (broad SMARTS) is 1. The topological polar surface area (TPSA) is 59.3 Å². The SMILES string of the molecule is CCCCn1c(=O)ccc2cc(C(=O)O)cc(F)c21. The number of hydrogen-bond donors (Lipinski definition) is 1. The molecule has 1 N–H and O–H groups in total. The molecule has 100 valence electrons. The van der Waals surface area contributed by atoms with Crippen LogP contribution in [0.15, 0.2) is 29.1 Å². The molecule has 2 aromatic rings. The summed E-state index contributed by atoms with van der Waals surface area (Å²) in [5.74, 6) is -1.86. The highest BCUT2D eigenvalue weighted by atomic mass is 19.1. The van der Waals surface area contributed by atoms with Crippen LogP contribution in [0.3, 0.4) is 0 Å². The minimum absolute atomic E-state index is 0.120. The van der Waals surface area contributed by atoms with Crippen LogP contribution < -0.4 is 5.56 Å². The number of benzene rings is 1. The van der Waals surface area contributed by atoms with E-state index in [-0.39, 0.29) is 16.6 Å². The number of halogens is 1. The number of aromatic nitrogens is 1. The zero-order valence-electron chi connectivity index (χ0n) is 10.5. The van der Waals surface area contributed by atoms with Gasteiger partial charge in [0, 0.05) is 18.0 Å². The van der Waals surface area contributed by atoms with Crippen molar-refractivity contribution >= 4 is 16.9 Å². The van der Waals surface area contributed by atoms with Gasteiger partial charge in [0.25, 0.3) is 5.56 Å². The molecule has 1 aromatic carbocycles. The third-order valence-corrected chi connectivity index (χ3v) is 3.02. The molecule has 0 radical (unpaired) electrons. The predicted molar refractivity (Wildman–Crippen MR) is 70.0 cm³/mol. The Bertz CT molecular complexity index is 691. The van der Waals surface area contributed by atoms with E-state index in [1.807, 2.05) is 6.92 Å². The van der Waals surface area contributed by atoms with Gasteiger partial charge in [-0.25, -0.2) is 9.18 Å². The number of aromatic carboxylic acids is 1. The van der Waals surface area contributed by atoms with E-state index in [0.29, 0.717) is 11.9 Å². The average Bonchev–Trinajstić information content (AvgIpc) is 2.37. The number of fused-ring (bicyclic) bond motifs is 1. The minimum Gasteiger partial charge on any atom is -0.478 e. The Balaban J connectivity index is 2.71. The van der Waals surface area contributed by atoms with Gasteiger partial charge in [-0.15, -0.1) is 0 Å². The Morgan fingerprint density at radius 1 is 1.37 bits per heavy atom. The third-order valence-electron chi connectivity index (χ3n) is 3.02. The molecule has 0 bridgehead atoms. The molecular formula is C14H14FNO3. The van der Waals surface area contributed by atoms with E-state index in [2.05, 4.69) is 0 Å². The van der Waals surface area contributed by atoms with Gasteiger partial charge >= 0.3 is 5.97 Å². The minimum atomic E-state index is -1.19. The van der Waals surface area contributed by atoms with Crippen LogP contribution >= 0.6 is 0 Å². The molecule has 0 aliphatic heterocycles. The zero-order chi connectivity index (χ0) is 14.0. The third kappa shape index (κ3) is 2.50. The molecule has 4 nitrogen and oxygen atoms in total. The number of carboxylic acids is 1. The van der Waals surface area contributed by atoms with Crippen molar-refractivity contribution in [2.75, 3.05) is 0 Å². The summed E-state index contributed by atoms with van der Waals surface area (Å²) in [7, 11) is 0. The van der Waals surface area contributed by atoms with Crippen LogP contribution in [0.1, 0.15) is 30.1 Å². The Morgan fingerprint density at radius 3 is 2.74 bits per heavy atom. The Morgan fingerprint density at radius 2 is 2.11 bits per heavy atom. The second kappa shape index (κ2) is 5.22. The molecule has 0 amide bonds. The van der Waals surface area contributed by atoms with Gasteiger partial charge in [-0.3, -0.25) is 4.79 Å². The van der Waals surface area contributed by atoms with Crippen LogP contribution in [-0.2, 0) is 6.54 Å². The number of carbonyl (C=O) groups is 1. The van der Waals surface area contributed by atoms with Gasteiger partial charge < -0.3 is 9.67 Å². The van der Waals surface area contributed by atoms with Crippen molar-refractivity contribution in [2.45, 2.75) is 26.3 Å². The molecule has 0 aliphatic carbocycles. The molecular weight excluding hydrogens is 249 g/mol. The largest absolute Gasteiger partial charge is 0.478 e. The smallest absolute Gasteiger partial charge is 0.335 e. The Kier molecular flexibility index (Phi) is 3.64. The first-order valence-electron chi connectivity index (χ1n) is 6.11. The second-order valence-electron chi connectivity index (χ2n) is 4.38. The molecule has 5 heteroatoms. The number of unbranched alkanes of at least 4 members (excludes halogenated alkanes) is 1. The van der Waals surface area contributed by atoms with Crippen LogP contribution in [0.4, 0.5) is 4.39 Å². The molecule has 0 atom stereocenters. The molecule has 19 heavy (non-hydrogen) atoms. The lowest BCUT2D eigenvalue weighted by molar-refractivity contribution is 0.0696. The maximum absolute atomic E-state index is 14.1. The summed E-state index contributed by atoms with van der Waals surface area (Å²) in [6, 6.07) is 5.12. The summed E-state index contributed by atoms with van der Waals surface area (Å²) in [6.07, 6.45) is 1.65. The molecule has 0 spiro atoms. The van der Waals surface area contributed by atoms with Crippen LogP contribution in [0.25, 0.3) is 10.9 Å². The van der Waals surface area contributed by atoms with E-state index in [1.165, 1.54) is 22.8 Å². The van der Waals surface area contributed by atoms with Crippen LogP contribution in [0.2, 0.25) is 0 Å². The summed E-state index contributed by atoms with van der Waals surface area (Å²) in [4.78, 5) is 22.7. The van der Waals surface area contributed by atoms with Crippen LogP contribution in [0.5, 0.6) is 0 Å². The van der Waals surface area contributed by atoms with Gasteiger partial charge in [0.15, 0.2) is 0 Å². The monoisotopic (exact) mass is 263 g/mol. The first-order valence-corrected chi connectivity index (χ1v) is 6.11. The lowest BCUT2D eigenvalue weighted by Crippen LogP contribution is -2.20. The van der Waals surface area contributed by atoms with E-state index < -0.39 is 11.8 Å². The van der Waals surface area contributed by atoms with E-state index >= 15 is 0 Å². The van der Waals surface area contributed by atoms with Crippen molar-refractivity contribution in [3.8, 4) is 0 Å². The number of pyridine rings is 1. The van der Waals surface area contributed by atoms with Gasteiger partial charge in [-0.1, -0.05) is 13.3 Å². The highest BCUT2D eigenvalue weighted by molar-refractivity contribution is 5.93. The van der Waals surface area contributed by atoms with Gasteiger partial charge in [0.2, 0.25) is 0 Å². The molecule has 0 saturated carbocycles. The Hall–Kier alpha value is -2.17. The van der Waals surface area contributed by atoms with Crippen molar-refractivity contribution in [2.24, 2.45) is 0 Å². The number of rotatable bonds is 4. The standard InChI is InChI=1S/C14H14FNO3/c1-2-3-6-16-12(17)5-4-9-7-10(14(18)19)8-11(15)13(9)16/h4-5,7-8H,2-3,6H2,1H3,(H,18,19). The van der Waals surface area contributed by atoms with Crippen molar-refractivity contribution in [3.63, 3.8) is 0 Å². The molecule has 0 saturated heterocycles. The molecule has 1 heterocycles. The Labute approximate surface area is 109 Å². The maximum atomic E-state index is 14.1. The van der Waals surface area contributed by atoms with Gasteiger partial charge in [-0.05, 0) is 24.6 Å². The lowest BCUT2D eigenvalue weighted by atomic mass is 10.1. The highest BCUT2D eigenvalue weighted by Crippen LogP contribution is 2.19. The molecule has 0 aliphatic rings. The lowest BCUT2D eigenvalue weighted by Gasteiger charge is -2.11. The van der Waals surface area contributed by atoms with Crippen molar-refractivity contribution in [1.82, 2.24) is 4.57 Å². The van der Waals surface area contributed by atoms with Crippen molar-refractivity contribution in [1.29, 1.82) is 0 Å². The van der Waals surface area contributed by atoms with E-state index in [4.69, 9.17) is 5.11 Å². The summed E-state index contributed by atoms with van der Waals surface area (Å²) < 4.78 is 15.4. The van der Waals surface area contributed by atoms with Crippen molar-refractivity contribution in [3.05, 3.63) is 46.0 Å². The highest BCUT2D eigenvalue weighted by Gasteiger charge is 2.12. The molecule has 0 unspecified atom stereocenters. The number of hydrogen-bond acceptors (Lipinski definition) is 2. The normalized spacial score (nSPS) is 10.8. The fraction of sp³-hybridized carbons (Fsp3) is 0.286. The average molecular weight is 263 g/mol. The zero-order valence-corrected chi connectivity index (χ0v) is 10.5. The predicted octanol–water partition coefficient (Wildman–Crippen LogP) is 2.64. The van der Waals surface area contributed by atoms with Gasteiger partial charge in [0.1, 0.15) is 5.82 Å². The summed E-state index contributed by atoms with van der Waals surface area (Å²) in [5.41, 5.74) is -0.223. The van der Waals surface area contributed by atoms with Gasteiger partial charge in [-0.2, -0.15) is 0 Å². The summed E-state index contributed by atoms with van der Waals surface area (Å²) in [6.45, 7) is 2.41. The molecule has 1 aromatic heterocycles. The second-order valence-corrected chi connectivity index (χ2v) is 4.38. The summed E-state index contributed by atoms with van der Waals surface area (Å²) >= 11 is 0. The molecule has 0 fully saturated rings. The first-order chi connectivity index (χ1) is 9.04. The maximum Gasteiger partial charge on any atom is 0.335 e.